The number of benzene rings is 1. The molecule has 0 fully saturated rings. The molecule has 0 aliphatic heterocycles. The van der Waals surface area contributed by atoms with Gasteiger partial charge in [-0.25, -0.2) is 4.68 Å². The zero-order valence-corrected chi connectivity index (χ0v) is 14.4. The molecule has 0 bridgehead atoms. The first kappa shape index (κ1) is 17.1. The number of hydrogen-bond donors (Lipinski definition) is 1. The van der Waals surface area contributed by atoms with Gasteiger partial charge >= 0.3 is 0 Å². The summed E-state index contributed by atoms with van der Waals surface area (Å²) in [5, 5.41) is 7.43. The van der Waals surface area contributed by atoms with Crippen LogP contribution < -0.4 is 10.1 Å². The van der Waals surface area contributed by atoms with Crippen molar-refractivity contribution >= 4 is 17.5 Å². The first-order valence-corrected chi connectivity index (χ1v) is 8.28. The summed E-state index contributed by atoms with van der Waals surface area (Å²) in [4.78, 5) is 12.1. The van der Waals surface area contributed by atoms with E-state index in [1.165, 1.54) is 0 Å². The third-order valence-corrected chi connectivity index (χ3v) is 3.83. The van der Waals surface area contributed by atoms with Crippen molar-refractivity contribution in [3.05, 3.63) is 65.7 Å². The van der Waals surface area contributed by atoms with Crippen molar-refractivity contribution < 1.29 is 13.9 Å². The minimum Gasteiger partial charge on any atom is -0.469 e. The van der Waals surface area contributed by atoms with Gasteiger partial charge in [0.1, 0.15) is 10.8 Å². The number of amides is 1. The Morgan fingerprint density at radius 3 is 2.84 bits per heavy atom. The Balaban J connectivity index is 1.56. The van der Waals surface area contributed by atoms with Crippen molar-refractivity contribution in [2.45, 2.75) is 19.4 Å². The predicted molar refractivity (Wildman–Crippen MR) is 94.1 cm³/mol. The van der Waals surface area contributed by atoms with Gasteiger partial charge in [-0.3, -0.25) is 4.79 Å². The molecule has 2 heterocycles. The van der Waals surface area contributed by atoms with Crippen molar-refractivity contribution in [2.24, 2.45) is 0 Å². The van der Waals surface area contributed by atoms with E-state index in [-0.39, 0.29) is 11.8 Å². The average Bonchev–Trinajstić information content (AvgIpc) is 3.26. The number of ether oxygens (including phenoxy) is 1. The average molecular weight is 360 g/mol. The summed E-state index contributed by atoms with van der Waals surface area (Å²) < 4.78 is 12.4. The van der Waals surface area contributed by atoms with E-state index in [2.05, 4.69) is 10.4 Å². The second kappa shape index (κ2) is 7.90. The van der Waals surface area contributed by atoms with Crippen LogP contribution in [0.25, 0.3) is 5.69 Å². The van der Waals surface area contributed by atoms with E-state index in [0.717, 1.165) is 11.4 Å². The molecule has 0 unspecified atom stereocenters. The maximum atomic E-state index is 12.1. The van der Waals surface area contributed by atoms with Gasteiger partial charge in [0.25, 0.3) is 11.8 Å². The van der Waals surface area contributed by atoms with Crippen LogP contribution in [0.15, 0.2) is 59.3 Å². The van der Waals surface area contributed by atoms with Gasteiger partial charge in [-0.05, 0) is 31.2 Å². The van der Waals surface area contributed by atoms with Crippen molar-refractivity contribution in [1.29, 1.82) is 0 Å². The van der Waals surface area contributed by atoms with Crippen molar-refractivity contribution in [2.75, 3.05) is 6.54 Å². The molecule has 130 valence electrons. The molecule has 7 heteroatoms. The molecule has 0 spiro atoms. The minimum atomic E-state index is -0.715. The lowest BCUT2D eigenvalue weighted by Gasteiger charge is -2.12. The molecule has 2 aromatic heterocycles. The Bertz CT molecular complexity index is 815. The van der Waals surface area contributed by atoms with E-state index < -0.39 is 6.10 Å². The number of aromatic nitrogens is 2. The molecular formula is C18H18ClN3O3. The molecule has 1 atom stereocenters. The SMILES string of the molecule is C[C@@H](Oc1nn(-c2ccccc2)cc1Cl)C(=O)NCCc1ccco1. The van der Waals surface area contributed by atoms with Gasteiger partial charge in [0.05, 0.1) is 18.1 Å². The fourth-order valence-corrected chi connectivity index (χ4v) is 2.43. The molecule has 25 heavy (non-hydrogen) atoms. The molecule has 3 aromatic rings. The van der Waals surface area contributed by atoms with Crippen molar-refractivity contribution in [3.63, 3.8) is 0 Å². The highest BCUT2D eigenvalue weighted by molar-refractivity contribution is 6.31. The molecule has 0 saturated heterocycles. The van der Waals surface area contributed by atoms with Gasteiger partial charge in [0.2, 0.25) is 0 Å². The molecule has 3 rings (SSSR count). The largest absolute Gasteiger partial charge is 0.469 e. The summed E-state index contributed by atoms with van der Waals surface area (Å²) in [5.74, 6) is 0.801. The van der Waals surface area contributed by atoms with Crippen LogP contribution in [0.1, 0.15) is 12.7 Å². The second-order valence-electron chi connectivity index (χ2n) is 5.44. The zero-order chi connectivity index (χ0) is 17.6. The number of carbonyl (C=O) groups excluding carboxylic acids is 1. The monoisotopic (exact) mass is 359 g/mol. The van der Waals surface area contributed by atoms with Gasteiger partial charge in [0, 0.05) is 13.0 Å². The van der Waals surface area contributed by atoms with Crippen LogP contribution in [-0.2, 0) is 11.2 Å². The lowest BCUT2D eigenvalue weighted by Crippen LogP contribution is -2.37. The summed E-state index contributed by atoms with van der Waals surface area (Å²) in [6.07, 6.45) is 3.16. The predicted octanol–water partition coefficient (Wildman–Crippen LogP) is 3.24. The summed E-state index contributed by atoms with van der Waals surface area (Å²) >= 11 is 6.16. The summed E-state index contributed by atoms with van der Waals surface area (Å²) in [6, 6.07) is 13.2. The lowest BCUT2D eigenvalue weighted by molar-refractivity contribution is -0.127. The van der Waals surface area contributed by atoms with Crippen molar-refractivity contribution in [1.82, 2.24) is 15.1 Å². The Kier molecular flexibility index (Phi) is 5.40. The van der Waals surface area contributed by atoms with E-state index in [1.807, 2.05) is 42.5 Å². The van der Waals surface area contributed by atoms with E-state index in [1.54, 1.807) is 24.1 Å². The molecular weight excluding hydrogens is 342 g/mol. The van der Waals surface area contributed by atoms with Crippen molar-refractivity contribution in [3.8, 4) is 11.6 Å². The van der Waals surface area contributed by atoms with Gasteiger partial charge in [-0.1, -0.05) is 29.8 Å². The van der Waals surface area contributed by atoms with Crippen LogP contribution in [0.2, 0.25) is 5.02 Å². The van der Waals surface area contributed by atoms with E-state index >= 15 is 0 Å². The third-order valence-electron chi connectivity index (χ3n) is 3.57. The summed E-state index contributed by atoms with van der Waals surface area (Å²) in [7, 11) is 0. The number of furan rings is 1. The Hall–Kier alpha value is -2.73. The maximum absolute atomic E-state index is 12.1. The number of nitrogens with zero attached hydrogens (tertiary/aromatic N) is 2. The Labute approximate surface area is 150 Å². The Morgan fingerprint density at radius 1 is 1.32 bits per heavy atom. The zero-order valence-electron chi connectivity index (χ0n) is 13.7. The highest BCUT2D eigenvalue weighted by Gasteiger charge is 2.18. The van der Waals surface area contributed by atoms with E-state index in [0.29, 0.717) is 18.0 Å². The highest BCUT2D eigenvalue weighted by Crippen LogP contribution is 2.24. The summed E-state index contributed by atoms with van der Waals surface area (Å²) in [6.45, 7) is 2.12. The fraction of sp³-hybridized carbons (Fsp3) is 0.222. The number of rotatable bonds is 7. The highest BCUT2D eigenvalue weighted by atomic mass is 35.5. The fourth-order valence-electron chi connectivity index (χ4n) is 2.26. The first-order valence-electron chi connectivity index (χ1n) is 7.91. The topological polar surface area (TPSA) is 69.3 Å². The molecule has 0 aliphatic carbocycles. The minimum absolute atomic E-state index is 0.221. The van der Waals surface area contributed by atoms with Gasteiger partial charge < -0.3 is 14.5 Å². The molecule has 0 radical (unpaired) electrons. The first-order chi connectivity index (χ1) is 12.1. The standard InChI is InChI=1S/C18H18ClN3O3/c1-13(17(23)20-10-9-15-8-5-11-24-15)25-18-16(19)12-22(21-18)14-6-3-2-4-7-14/h2-8,11-13H,9-10H2,1H3,(H,20,23)/t13-/m1/s1. The quantitative estimate of drug-likeness (QED) is 0.703. The third kappa shape index (κ3) is 4.42. The number of carbonyl (C=O) groups is 1. The Morgan fingerprint density at radius 2 is 2.12 bits per heavy atom. The maximum Gasteiger partial charge on any atom is 0.260 e. The number of hydrogen-bond acceptors (Lipinski definition) is 4. The molecule has 6 nitrogen and oxygen atoms in total. The normalized spacial score (nSPS) is 11.9. The number of nitrogens with one attached hydrogen (secondary N) is 1. The van der Waals surface area contributed by atoms with Crippen LogP contribution in [0.3, 0.4) is 0 Å². The molecule has 1 N–H and O–H groups in total. The van der Waals surface area contributed by atoms with E-state index in [9.17, 15) is 4.79 Å². The van der Waals surface area contributed by atoms with Crippen LogP contribution in [0.5, 0.6) is 5.88 Å². The van der Waals surface area contributed by atoms with Gasteiger partial charge in [0.15, 0.2) is 6.10 Å². The lowest BCUT2D eigenvalue weighted by atomic mass is 10.3. The van der Waals surface area contributed by atoms with Gasteiger partial charge in [-0.2, -0.15) is 0 Å². The van der Waals surface area contributed by atoms with Crippen LogP contribution in [0.4, 0.5) is 0 Å². The number of para-hydroxylation sites is 1. The van der Waals surface area contributed by atoms with E-state index in [4.69, 9.17) is 20.8 Å². The van der Waals surface area contributed by atoms with Crippen LogP contribution in [0, 0.1) is 0 Å². The smallest absolute Gasteiger partial charge is 0.260 e. The summed E-state index contributed by atoms with van der Waals surface area (Å²) in [5.41, 5.74) is 0.856. The molecule has 0 saturated carbocycles. The molecule has 1 amide bonds. The second-order valence-corrected chi connectivity index (χ2v) is 5.85. The molecule has 0 aliphatic rings. The van der Waals surface area contributed by atoms with Crippen LogP contribution >= 0.6 is 11.6 Å². The van der Waals surface area contributed by atoms with Crippen LogP contribution in [-0.4, -0.2) is 28.3 Å². The number of halogens is 1. The molecule has 1 aromatic carbocycles. The van der Waals surface area contributed by atoms with Gasteiger partial charge in [-0.15, -0.1) is 5.10 Å².